The maximum atomic E-state index is 14.1. The smallest absolute Gasteiger partial charge is 0.126 e. The van der Waals surface area contributed by atoms with Crippen molar-refractivity contribution in [3.63, 3.8) is 0 Å². The Bertz CT molecular complexity index is 581. The molecule has 0 aliphatic rings. The Hall–Kier alpha value is -1.71. The topological polar surface area (TPSA) is 29.3 Å². The summed E-state index contributed by atoms with van der Waals surface area (Å²) in [6.45, 7) is 6.81. The number of halogens is 1. The van der Waals surface area contributed by atoms with Crippen LogP contribution < -0.4 is 5.73 Å². The highest BCUT2D eigenvalue weighted by molar-refractivity contribution is 5.29. The average molecular weight is 300 g/mol. The summed E-state index contributed by atoms with van der Waals surface area (Å²) >= 11 is 0. The Kier molecular flexibility index (Phi) is 5.69. The van der Waals surface area contributed by atoms with Crippen molar-refractivity contribution in [2.24, 2.45) is 5.73 Å². The van der Waals surface area contributed by atoms with Gasteiger partial charge in [-0.2, -0.15) is 0 Å². The second-order valence-electron chi connectivity index (χ2n) is 5.75. The standard InChI is InChI=1S/C19H25FN2/c1-3-22(4-2)15-19(21,17-11-6-5-7-12-17)14-16-10-8-9-13-18(16)20/h5-13H,3-4,14-15,21H2,1-2H3. The van der Waals surface area contributed by atoms with E-state index < -0.39 is 5.54 Å². The SMILES string of the molecule is CCN(CC)CC(N)(Cc1ccccc1F)c1ccccc1. The van der Waals surface area contributed by atoms with E-state index in [1.165, 1.54) is 6.07 Å². The Morgan fingerprint density at radius 3 is 2.14 bits per heavy atom. The predicted molar refractivity (Wildman–Crippen MR) is 90.2 cm³/mol. The van der Waals surface area contributed by atoms with Gasteiger partial charge in [-0.05, 0) is 36.7 Å². The van der Waals surface area contributed by atoms with Gasteiger partial charge in [0.2, 0.25) is 0 Å². The van der Waals surface area contributed by atoms with Gasteiger partial charge in [0, 0.05) is 6.54 Å². The summed E-state index contributed by atoms with van der Waals surface area (Å²) in [5, 5.41) is 0. The van der Waals surface area contributed by atoms with Gasteiger partial charge in [0.05, 0.1) is 5.54 Å². The monoisotopic (exact) mass is 300 g/mol. The van der Waals surface area contributed by atoms with E-state index in [4.69, 9.17) is 5.73 Å². The maximum Gasteiger partial charge on any atom is 0.126 e. The number of likely N-dealkylation sites (N-methyl/N-ethyl adjacent to an activating group) is 1. The molecule has 0 heterocycles. The Morgan fingerprint density at radius 1 is 0.955 bits per heavy atom. The molecule has 3 heteroatoms. The van der Waals surface area contributed by atoms with Gasteiger partial charge in [0.25, 0.3) is 0 Å². The van der Waals surface area contributed by atoms with Crippen LogP contribution in [-0.4, -0.2) is 24.5 Å². The molecule has 0 aliphatic heterocycles. The van der Waals surface area contributed by atoms with Crippen LogP contribution in [0.5, 0.6) is 0 Å². The molecule has 2 aromatic rings. The molecular formula is C19H25FN2. The fourth-order valence-electron chi connectivity index (χ4n) is 2.85. The first-order chi connectivity index (χ1) is 10.6. The largest absolute Gasteiger partial charge is 0.320 e. The molecule has 0 bridgehead atoms. The maximum absolute atomic E-state index is 14.1. The van der Waals surface area contributed by atoms with Crippen molar-refractivity contribution in [3.05, 3.63) is 71.5 Å². The molecule has 2 aromatic carbocycles. The summed E-state index contributed by atoms with van der Waals surface area (Å²) in [5.74, 6) is -0.187. The van der Waals surface area contributed by atoms with E-state index in [2.05, 4.69) is 18.7 Å². The lowest BCUT2D eigenvalue weighted by Crippen LogP contribution is -2.49. The summed E-state index contributed by atoms with van der Waals surface area (Å²) in [4.78, 5) is 2.29. The average Bonchev–Trinajstić information content (AvgIpc) is 2.56. The molecular weight excluding hydrogens is 275 g/mol. The highest BCUT2D eigenvalue weighted by Gasteiger charge is 2.30. The van der Waals surface area contributed by atoms with E-state index >= 15 is 0 Å². The van der Waals surface area contributed by atoms with Gasteiger partial charge in [0.1, 0.15) is 5.82 Å². The molecule has 0 amide bonds. The first-order valence-electron chi connectivity index (χ1n) is 7.89. The van der Waals surface area contributed by atoms with Crippen LogP contribution in [-0.2, 0) is 12.0 Å². The quantitative estimate of drug-likeness (QED) is 0.847. The second-order valence-corrected chi connectivity index (χ2v) is 5.75. The van der Waals surface area contributed by atoms with Crippen molar-refractivity contribution in [1.82, 2.24) is 4.90 Å². The fraction of sp³-hybridized carbons (Fsp3) is 0.368. The predicted octanol–water partition coefficient (Wildman–Crippen LogP) is 3.56. The van der Waals surface area contributed by atoms with Gasteiger partial charge >= 0.3 is 0 Å². The molecule has 2 N–H and O–H groups in total. The molecule has 0 aliphatic carbocycles. The molecule has 0 saturated carbocycles. The van der Waals surface area contributed by atoms with Gasteiger partial charge in [0.15, 0.2) is 0 Å². The first-order valence-corrected chi connectivity index (χ1v) is 7.89. The zero-order chi connectivity index (χ0) is 16.0. The molecule has 2 nitrogen and oxygen atoms in total. The van der Waals surface area contributed by atoms with Crippen molar-refractivity contribution in [2.75, 3.05) is 19.6 Å². The minimum absolute atomic E-state index is 0.187. The van der Waals surface area contributed by atoms with Crippen LogP contribution in [0.3, 0.4) is 0 Å². The Labute approximate surface area is 132 Å². The summed E-state index contributed by atoms with van der Waals surface area (Å²) in [5.41, 5.74) is 7.88. The summed E-state index contributed by atoms with van der Waals surface area (Å²) < 4.78 is 14.1. The van der Waals surface area contributed by atoms with Crippen molar-refractivity contribution in [2.45, 2.75) is 25.8 Å². The fourth-order valence-corrected chi connectivity index (χ4v) is 2.85. The number of nitrogens with zero attached hydrogens (tertiary/aromatic N) is 1. The zero-order valence-electron chi connectivity index (χ0n) is 13.4. The molecule has 0 aromatic heterocycles. The van der Waals surface area contributed by atoms with Crippen LogP contribution >= 0.6 is 0 Å². The molecule has 0 radical (unpaired) electrons. The molecule has 2 rings (SSSR count). The van der Waals surface area contributed by atoms with E-state index in [1.54, 1.807) is 6.07 Å². The molecule has 0 saturated heterocycles. The highest BCUT2D eigenvalue weighted by Crippen LogP contribution is 2.25. The van der Waals surface area contributed by atoms with Gasteiger partial charge in [-0.1, -0.05) is 62.4 Å². The summed E-state index contributed by atoms with van der Waals surface area (Å²) in [6.07, 6.45) is 0.486. The third kappa shape index (κ3) is 3.93. The van der Waals surface area contributed by atoms with Crippen molar-refractivity contribution >= 4 is 0 Å². The third-order valence-electron chi connectivity index (χ3n) is 4.21. The zero-order valence-corrected chi connectivity index (χ0v) is 13.4. The normalized spacial score (nSPS) is 14.0. The highest BCUT2D eigenvalue weighted by atomic mass is 19.1. The molecule has 118 valence electrons. The minimum Gasteiger partial charge on any atom is -0.320 e. The van der Waals surface area contributed by atoms with E-state index in [0.29, 0.717) is 18.5 Å². The van der Waals surface area contributed by atoms with E-state index in [0.717, 1.165) is 18.7 Å². The van der Waals surface area contributed by atoms with Crippen molar-refractivity contribution in [3.8, 4) is 0 Å². The Balaban J connectivity index is 2.35. The lowest BCUT2D eigenvalue weighted by molar-refractivity contribution is 0.223. The molecule has 22 heavy (non-hydrogen) atoms. The van der Waals surface area contributed by atoms with E-state index in [9.17, 15) is 4.39 Å². The lowest BCUT2D eigenvalue weighted by Gasteiger charge is -2.35. The molecule has 0 fully saturated rings. The molecule has 1 atom stereocenters. The summed E-state index contributed by atoms with van der Waals surface area (Å²) in [7, 11) is 0. The summed E-state index contributed by atoms with van der Waals surface area (Å²) in [6, 6.07) is 16.9. The van der Waals surface area contributed by atoms with Crippen LogP contribution in [0.2, 0.25) is 0 Å². The van der Waals surface area contributed by atoms with Crippen LogP contribution in [0.1, 0.15) is 25.0 Å². The van der Waals surface area contributed by atoms with Crippen LogP contribution in [0.25, 0.3) is 0 Å². The van der Waals surface area contributed by atoms with Crippen molar-refractivity contribution < 1.29 is 4.39 Å². The molecule has 0 spiro atoms. The van der Waals surface area contributed by atoms with Gasteiger partial charge in [-0.25, -0.2) is 4.39 Å². The van der Waals surface area contributed by atoms with Gasteiger partial charge in [-0.3, -0.25) is 0 Å². The number of hydrogen-bond acceptors (Lipinski definition) is 2. The second kappa shape index (κ2) is 7.52. The molecule has 1 unspecified atom stereocenters. The number of nitrogens with two attached hydrogens (primary N) is 1. The van der Waals surface area contributed by atoms with E-state index in [1.807, 2.05) is 42.5 Å². The van der Waals surface area contributed by atoms with Gasteiger partial charge < -0.3 is 10.6 Å². The number of hydrogen-bond donors (Lipinski definition) is 1. The van der Waals surface area contributed by atoms with Crippen LogP contribution in [0.4, 0.5) is 4.39 Å². The lowest BCUT2D eigenvalue weighted by atomic mass is 9.84. The minimum atomic E-state index is -0.602. The number of benzene rings is 2. The number of rotatable bonds is 7. The van der Waals surface area contributed by atoms with Crippen molar-refractivity contribution in [1.29, 1.82) is 0 Å². The first kappa shape index (κ1) is 16.7. The third-order valence-corrected chi connectivity index (χ3v) is 4.21. The van der Waals surface area contributed by atoms with Gasteiger partial charge in [-0.15, -0.1) is 0 Å². The van der Waals surface area contributed by atoms with E-state index in [-0.39, 0.29) is 5.82 Å². The van der Waals surface area contributed by atoms with Crippen LogP contribution in [0, 0.1) is 5.82 Å². The van der Waals surface area contributed by atoms with Crippen LogP contribution in [0.15, 0.2) is 54.6 Å². The Morgan fingerprint density at radius 2 is 1.55 bits per heavy atom.